The molecule has 0 radical (unpaired) electrons. The Morgan fingerprint density at radius 3 is 2.24 bits per heavy atom. The van der Waals surface area contributed by atoms with Crippen molar-refractivity contribution in [3.63, 3.8) is 0 Å². The average molecular weight is 447 g/mol. The zero-order valence-corrected chi connectivity index (χ0v) is 20.9. The molecule has 3 aromatic carbocycles. The van der Waals surface area contributed by atoms with Gasteiger partial charge in [0.2, 0.25) is 5.69 Å². The third-order valence-corrected chi connectivity index (χ3v) is 8.23. The highest BCUT2D eigenvalue weighted by Gasteiger charge is 2.48. The van der Waals surface area contributed by atoms with Gasteiger partial charge in [-0.25, -0.2) is 4.57 Å². The van der Waals surface area contributed by atoms with Gasteiger partial charge in [-0.1, -0.05) is 64.1 Å². The zero-order valence-electron chi connectivity index (χ0n) is 20.9. The Morgan fingerprint density at radius 2 is 1.50 bits per heavy atom. The van der Waals surface area contributed by atoms with E-state index in [0.29, 0.717) is 11.8 Å². The van der Waals surface area contributed by atoms with Crippen LogP contribution in [0.1, 0.15) is 44.4 Å². The lowest BCUT2D eigenvalue weighted by Gasteiger charge is -2.40. The second-order valence-electron chi connectivity index (χ2n) is 10.6. The van der Waals surface area contributed by atoms with Crippen LogP contribution in [0, 0.1) is 18.8 Å². The van der Waals surface area contributed by atoms with E-state index in [1.807, 2.05) is 0 Å². The van der Waals surface area contributed by atoms with Gasteiger partial charge >= 0.3 is 0 Å². The fourth-order valence-corrected chi connectivity index (χ4v) is 6.78. The van der Waals surface area contributed by atoms with Crippen LogP contribution in [0.3, 0.4) is 0 Å². The predicted molar refractivity (Wildman–Crippen MR) is 141 cm³/mol. The van der Waals surface area contributed by atoms with E-state index < -0.39 is 0 Å². The molecule has 0 N–H and O–H groups in total. The van der Waals surface area contributed by atoms with Crippen LogP contribution < -0.4 is 4.57 Å². The summed E-state index contributed by atoms with van der Waals surface area (Å²) in [5, 5.41) is 2.39. The zero-order chi connectivity index (χ0) is 23.8. The van der Waals surface area contributed by atoms with Crippen LogP contribution in [0.5, 0.6) is 0 Å². The summed E-state index contributed by atoms with van der Waals surface area (Å²) in [7, 11) is 2.10. The van der Waals surface area contributed by atoms with Crippen molar-refractivity contribution in [2.24, 2.45) is 18.9 Å². The molecule has 5 aromatic rings. The first-order valence-electron chi connectivity index (χ1n) is 12.4. The monoisotopic (exact) mass is 446 g/mol. The maximum Gasteiger partial charge on any atom is 0.216 e. The average Bonchev–Trinajstić information content (AvgIpc) is 3.31. The molecule has 0 aliphatic heterocycles. The fraction of sp³-hybridized carbons (Fsp3) is 0.281. The second-order valence-corrected chi connectivity index (χ2v) is 10.6. The van der Waals surface area contributed by atoms with E-state index in [2.05, 4.69) is 119 Å². The van der Waals surface area contributed by atoms with Crippen LogP contribution in [-0.2, 0) is 12.5 Å². The molecule has 1 aliphatic carbocycles. The third kappa shape index (κ3) is 2.60. The molecule has 0 amide bonds. The van der Waals surface area contributed by atoms with Crippen molar-refractivity contribution in [2.75, 3.05) is 0 Å². The molecule has 0 fully saturated rings. The van der Waals surface area contributed by atoms with Crippen molar-refractivity contribution < 1.29 is 8.98 Å². The molecule has 170 valence electrons. The number of nitrogens with zero attached hydrogens (tertiary/aromatic N) is 1. The van der Waals surface area contributed by atoms with E-state index in [0.717, 1.165) is 11.2 Å². The first-order valence-corrected chi connectivity index (χ1v) is 12.4. The molecule has 2 nitrogen and oxygen atoms in total. The van der Waals surface area contributed by atoms with Crippen LogP contribution >= 0.6 is 0 Å². The molecule has 0 unspecified atom stereocenters. The van der Waals surface area contributed by atoms with Gasteiger partial charge in [0.05, 0.1) is 5.56 Å². The summed E-state index contributed by atoms with van der Waals surface area (Å²) in [6.45, 7) is 11.6. The van der Waals surface area contributed by atoms with Gasteiger partial charge < -0.3 is 4.42 Å². The number of aryl methyl sites for hydroxylation is 2. The van der Waals surface area contributed by atoms with E-state index in [9.17, 15) is 0 Å². The molecule has 0 atom stereocenters. The Labute approximate surface area is 201 Å². The lowest BCUT2D eigenvalue weighted by atomic mass is 9.63. The Kier molecular flexibility index (Phi) is 4.55. The van der Waals surface area contributed by atoms with E-state index in [-0.39, 0.29) is 5.41 Å². The summed E-state index contributed by atoms with van der Waals surface area (Å²) in [5.74, 6) is 0.941. The van der Waals surface area contributed by atoms with E-state index in [4.69, 9.17) is 4.42 Å². The molecule has 2 heterocycles. The van der Waals surface area contributed by atoms with Crippen molar-refractivity contribution in [3.8, 4) is 22.4 Å². The number of aromatic nitrogens is 1. The summed E-state index contributed by atoms with van der Waals surface area (Å²) in [6, 6.07) is 24.6. The SMILES string of the molecule is Cc1ccc2c(oc3cc4c(cc32)-c2ccccc2C4(C(C)C)C(C)C)c1-c1cccc[n+]1C. The predicted octanol–water partition coefficient (Wildman–Crippen LogP) is 7.96. The van der Waals surface area contributed by atoms with Crippen LogP contribution in [0.15, 0.2) is 77.3 Å². The van der Waals surface area contributed by atoms with Crippen LogP contribution in [0.2, 0.25) is 0 Å². The molecule has 2 aromatic heterocycles. The highest BCUT2D eigenvalue weighted by atomic mass is 16.3. The van der Waals surface area contributed by atoms with Gasteiger partial charge in [0, 0.05) is 28.3 Å². The summed E-state index contributed by atoms with van der Waals surface area (Å²) in [6.07, 6.45) is 2.10. The van der Waals surface area contributed by atoms with E-state index in [1.165, 1.54) is 49.8 Å². The summed E-state index contributed by atoms with van der Waals surface area (Å²) in [4.78, 5) is 0. The van der Waals surface area contributed by atoms with Gasteiger partial charge in [-0.3, -0.25) is 0 Å². The number of rotatable bonds is 3. The number of hydrogen-bond donors (Lipinski definition) is 0. The Morgan fingerprint density at radius 1 is 0.765 bits per heavy atom. The summed E-state index contributed by atoms with van der Waals surface area (Å²) < 4.78 is 8.91. The van der Waals surface area contributed by atoms with Gasteiger partial charge in [-0.15, -0.1) is 0 Å². The van der Waals surface area contributed by atoms with Gasteiger partial charge in [0.25, 0.3) is 0 Å². The highest BCUT2D eigenvalue weighted by Crippen LogP contribution is 2.57. The smallest absolute Gasteiger partial charge is 0.216 e. The maximum absolute atomic E-state index is 6.74. The standard InChI is InChI=1S/C32H32NO/c1-19(2)32(20(3)4)26-12-8-7-11-22(26)24-17-25-23-15-14-21(5)30(28-13-9-10-16-33(28)6)31(23)34-29(25)18-27(24)32/h7-20H,1-6H3/q+1. The number of furan rings is 1. The van der Waals surface area contributed by atoms with Gasteiger partial charge in [0.15, 0.2) is 6.20 Å². The number of benzene rings is 3. The van der Waals surface area contributed by atoms with Crippen molar-refractivity contribution >= 4 is 21.9 Å². The van der Waals surface area contributed by atoms with Gasteiger partial charge in [0.1, 0.15) is 18.2 Å². The summed E-state index contributed by atoms with van der Waals surface area (Å²) in [5.41, 5.74) is 11.1. The molecular formula is C32H32NO+. The molecule has 6 rings (SSSR count). The van der Waals surface area contributed by atoms with Crippen molar-refractivity contribution in [1.82, 2.24) is 0 Å². The highest BCUT2D eigenvalue weighted by molar-refractivity contribution is 6.11. The minimum atomic E-state index is -0.0241. The number of pyridine rings is 1. The fourth-order valence-electron chi connectivity index (χ4n) is 6.78. The quantitative estimate of drug-likeness (QED) is 0.257. The van der Waals surface area contributed by atoms with Gasteiger partial charge in [-0.2, -0.15) is 0 Å². The molecule has 0 spiro atoms. The minimum Gasteiger partial charge on any atom is -0.455 e. The van der Waals surface area contributed by atoms with E-state index >= 15 is 0 Å². The lowest BCUT2D eigenvalue weighted by molar-refractivity contribution is -0.660. The normalized spacial score (nSPS) is 14.4. The number of hydrogen-bond acceptors (Lipinski definition) is 1. The minimum absolute atomic E-state index is 0.0241. The molecule has 0 bridgehead atoms. The molecule has 0 saturated heterocycles. The Bertz CT molecular complexity index is 1580. The topological polar surface area (TPSA) is 17.0 Å². The summed E-state index contributed by atoms with van der Waals surface area (Å²) >= 11 is 0. The van der Waals surface area contributed by atoms with Crippen molar-refractivity contribution in [1.29, 1.82) is 0 Å². The first kappa shape index (κ1) is 21.2. The maximum atomic E-state index is 6.74. The second kappa shape index (κ2) is 7.30. The van der Waals surface area contributed by atoms with Crippen LogP contribution in [0.4, 0.5) is 0 Å². The number of fused-ring (bicyclic) bond motifs is 6. The van der Waals surface area contributed by atoms with Crippen LogP contribution in [0.25, 0.3) is 44.3 Å². The van der Waals surface area contributed by atoms with Crippen LogP contribution in [-0.4, -0.2) is 0 Å². The van der Waals surface area contributed by atoms with Gasteiger partial charge in [-0.05, 0) is 64.8 Å². The Hall–Kier alpha value is -3.39. The molecule has 0 saturated carbocycles. The molecule has 1 aliphatic rings. The lowest BCUT2D eigenvalue weighted by Crippen LogP contribution is -2.37. The third-order valence-electron chi connectivity index (χ3n) is 8.23. The molecular weight excluding hydrogens is 414 g/mol. The van der Waals surface area contributed by atoms with E-state index in [1.54, 1.807) is 0 Å². The van der Waals surface area contributed by atoms with Crippen molar-refractivity contribution in [3.05, 3.63) is 89.6 Å². The molecule has 2 heteroatoms. The first-order chi connectivity index (χ1) is 16.4. The Balaban J connectivity index is 1.73. The largest absolute Gasteiger partial charge is 0.455 e. The van der Waals surface area contributed by atoms with Crippen molar-refractivity contribution in [2.45, 2.75) is 40.0 Å². The molecule has 34 heavy (non-hydrogen) atoms.